The molecule has 1 atom stereocenters. The molecule has 0 spiro atoms. The molecular weight excluding hydrogens is 283 g/mol. The topological polar surface area (TPSA) is 81.7 Å². The lowest BCUT2D eigenvalue weighted by atomic mass is 10.1. The molecule has 0 bridgehead atoms. The molecule has 2 aromatic heterocycles. The van der Waals surface area contributed by atoms with E-state index in [1.54, 1.807) is 30.1 Å². The first kappa shape index (κ1) is 14.2. The summed E-state index contributed by atoms with van der Waals surface area (Å²) in [7, 11) is 1.79. The number of nitrogens with two attached hydrogens (primary N) is 1. The van der Waals surface area contributed by atoms with E-state index in [1.807, 2.05) is 13.0 Å². The third-order valence-corrected chi connectivity index (χ3v) is 3.48. The van der Waals surface area contributed by atoms with Gasteiger partial charge >= 0.3 is 0 Å². The Hall–Kier alpha value is -2.70. The molecule has 3 rings (SSSR count). The van der Waals surface area contributed by atoms with Gasteiger partial charge in [0.1, 0.15) is 11.6 Å². The van der Waals surface area contributed by atoms with Gasteiger partial charge in [-0.1, -0.05) is 18.2 Å². The van der Waals surface area contributed by atoms with Crippen LogP contribution in [0.2, 0.25) is 0 Å². The van der Waals surface area contributed by atoms with Gasteiger partial charge in [0.15, 0.2) is 5.65 Å². The zero-order valence-corrected chi connectivity index (χ0v) is 12.4. The van der Waals surface area contributed by atoms with Crippen molar-refractivity contribution in [1.29, 1.82) is 0 Å². The number of aryl methyl sites for hydroxylation is 1. The Morgan fingerprint density at radius 1 is 1.32 bits per heavy atom. The van der Waals surface area contributed by atoms with Crippen LogP contribution in [0.1, 0.15) is 12.5 Å². The second-order valence-corrected chi connectivity index (χ2v) is 5.28. The SMILES string of the molecule is CC(Cc1ccccc1F)Nc1nc(N)nc2c1cnn2C. The number of aromatic nitrogens is 4. The third kappa shape index (κ3) is 2.69. The summed E-state index contributed by atoms with van der Waals surface area (Å²) in [5.41, 5.74) is 7.06. The number of nitrogens with zero attached hydrogens (tertiary/aromatic N) is 4. The largest absolute Gasteiger partial charge is 0.368 e. The molecule has 0 aliphatic heterocycles. The van der Waals surface area contributed by atoms with Crippen LogP contribution in [-0.2, 0) is 13.5 Å². The van der Waals surface area contributed by atoms with E-state index >= 15 is 0 Å². The number of anilines is 2. The third-order valence-electron chi connectivity index (χ3n) is 3.48. The fraction of sp³-hybridized carbons (Fsp3) is 0.267. The number of fused-ring (bicyclic) bond motifs is 1. The van der Waals surface area contributed by atoms with Gasteiger partial charge in [0.2, 0.25) is 5.95 Å². The van der Waals surface area contributed by atoms with Crippen molar-refractivity contribution >= 4 is 22.8 Å². The van der Waals surface area contributed by atoms with Crippen LogP contribution in [-0.4, -0.2) is 25.8 Å². The summed E-state index contributed by atoms with van der Waals surface area (Å²) in [5, 5.41) is 8.21. The number of nitrogen functional groups attached to an aromatic ring is 1. The van der Waals surface area contributed by atoms with Crippen molar-refractivity contribution in [3.8, 4) is 0 Å². The van der Waals surface area contributed by atoms with Crippen molar-refractivity contribution in [2.75, 3.05) is 11.1 Å². The molecule has 0 aliphatic rings. The van der Waals surface area contributed by atoms with Crippen LogP contribution >= 0.6 is 0 Å². The smallest absolute Gasteiger partial charge is 0.224 e. The zero-order chi connectivity index (χ0) is 15.7. The summed E-state index contributed by atoms with van der Waals surface area (Å²) in [6.07, 6.45) is 2.23. The number of rotatable bonds is 4. The van der Waals surface area contributed by atoms with Gasteiger partial charge < -0.3 is 11.1 Å². The highest BCUT2D eigenvalue weighted by molar-refractivity contribution is 5.87. The zero-order valence-electron chi connectivity index (χ0n) is 12.4. The molecule has 0 aliphatic carbocycles. The average Bonchev–Trinajstić information content (AvgIpc) is 2.83. The van der Waals surface area contributed by atoms with Gasteiger partial charge in [0.25, 0.3) is 0 Å². The van der Waals surface area contributed by atoms with Crippen LogP contribution in [0.3, 0.4) is 0 Å². The Kier molecular flexibility index (Phi) is 3.62. The van der Waals surface area contributed by atoms with Gasteiger partial charge in [-0.3, -0.25) is 4.68 Å². The van der Waals surface area contributed by atoms with Gasteiger partial charge in [0, 0.05) is 13.1 Å². The van der Waals surface area contributed by atoms with E-state index in [9.17, 15) is 4.39 Å². The van der Waals surface area contributed by atoms with E-state index in [-0.39, 0.29) is 17.8 Å². The van der Waals surface area contributed by atoms with Crippen LogP contribution in [0.25, 0.3) is 11.0 Å². The van der Waals surface area contributed by atoms with Gasteiger partial charge in [-0.25, -0.2) is 4.39 Å². The van der Waals surface area contributed by atoms with Crippen LogP contribution < -0.4 is 11.1 Å². The second kappa shape index (κ2) is 5.59. The van der Waals surface area contributed by atoms with Crippen LogP contribution in [0, 0.1) is 5.82 Å². The number of benzene rings is 1. The molecule has 7 heteroatoms. The fourth-order valence-electron chi connectivity index (χ4n) is 2.43. The Balaban J connectivity index is 1.85. The summed E-state index contributed by atoms with van der Waals surface area (Å²) < 4.78 is 15.4. The molecule has 3 aromatic rings. The number of hydrogen-bond acceptors (Lipinski definition) is 5. The maximum Gasteiger partial charge on any atom is 0.224 e. The van der Waals surface area contributed by atoms with Gasteiger partial charge in [-0.15, -0.1) is 0 Å². The van der Waals surface area contributed by atoms with E-state index in [0.29, 0.717) is 23.4 Å². The minimum atomic E-state index is -0.204. The Morgan fingerprint density at radius 3 is 2.86 bits per heavy atom. The predicted octanol–water partition coefficient (Wildman–Crippen LogP) is 2.13. The van der Waals surface area contributed by atoms with Crippen LogP contribution in [0.15, 0.2) is 30.5 Å². The lowest BCUT2D eigenvalue weighted by Crippen LogP contribution is -2.20. The Bertz CT molecular complexity index is 813. The molecule has 6 nitrogen and oxygen atoms in total. The van der Waals surface area contributed by atoms with Crippen molar-refractivity contribution in [1.82, 2.24) is 19.7 Å². The van der Waals surface area contributed by atoms with E-state index in [4.69, 9.17) is 5.73 Å². The molecule has 1 aromatic carbocycles. The lowest BCUT2D eigenvalue weighted by Gasteiger charge is -2.15. The molecule has 0 saturated heterocycles. The monoisotopic (exact) mass is 300 g/mol. The average molecular weight is 300 g/mol. The van der Waals surface area contributed by atoms with Gasteiger partial charge in [-0.05, 0) is 25.0 Å². The van der Waals surface area contributed by atoms with Crippen molar-refractivity contribution < 1.29 is 4.39 Å². The molecule has 0 amide bonds. The highest BCUT2D eigenvalue weighted by atomic mass is 19.1. The first-order valence-corrected chi connectivity index (χ1v) is 6.99. The quantitative estimate of drug-likeness (QED) is 0.771. The molecule has 3 N–H and O–H groups in total. The highest BCUT2D eigenvalue weighted by Gasteiger charge is 2.13. The molecule has 0 saturated carbocycles. The van der Waals surface area contributed by atoms with Gasteiger partial charge in [-0.2, -0.15) is 15.1 Å². The molecule has 22 heavy (non-hydrogen) atoms. The van der Waals surface area contributed by atoms with Crippen molar-refractivity contribution in [2.45, 2.75) is 19.4 Å². The van der Waals surface area contributed by atoms with Gasteiger partial charge in [0.05, 0.1) is 11.6 Å². The maximum absolute atomic E-state index is 13.7. The van der Waals surface area contributed by atoms with Crippen molar-refractivity contribution in [3.63, 3.8) is 0 Å². The molecule has 0 fully saturated rings. The van der Waals surface area contributed by atoms with E-state index in [1.165, 1.54) is 6.07 Å². The van der Waals surface area contributed by atoms with Crippen LogP contribution in [0.4, 0.5) is 16.2 Å². The Labute approximate surface area is 127 Å². The van der Waals surface area contributed by atoms with Crippen molar-refractivity contribution in [2.24, 2.45) is 7.05 Å². The first-order valence-electron chi connectivity index (χ1n) is 6.99. The molecule has 114 valence electrons. The fourth-order valence-corrected chi connectivity index (χ4v) is 2.43. The molecule has 1 unspecified atom stereocenters. The summed E-state index contributed by atoms with van der Waals surface area (Å²) >= 11 is 0. The van der Waals surface area contributed by atoms with E-state index in [2.05, 4.69) is 20.4 Å². The lowest BCUT2D eigenvalue weighted by molar-refractivity contribution is 0.601. The number of hydrogen-bond donors (Lipinski definition) is 2. The predicted molar refractivity (Wildman–Crippen MR) is 83.9 cm³/mol. The van der Waals surface area contributed by atoms with E-state index in [0.717, 1.165) is 5.39 Å². The first-order chi connectivity index (χ1) is 10.5. The molecular formula is C15H17FN6. The Morgan fingerprint density at radius 2 is 2.09 bits per heavy atom. The minimum Gasteiger partial charge on any atom is -0.368 e. The summed E-state index contributed by atoms with van der Waals surface area (Å²) in [6.45, 7) is 1.97. The molecule has 0 radical (unpaired) electrons. The van der Waals surface area contributed by atoms with Crippen LogP contribution in [0.5, 0.6) is 0 Å². The van der Waals surface area contributed by atoms with E-state index < -0.39 is 0 Å². The standard InChI is InChI=1S/C15H17FN6/c1-9(7-10-5-3-4-6-12(10)16)19-13-11-8-18-22(2)14(11)21-15(17)20-13/h3-6,8-9H,7H2,1-2H3,(H3,17,19,20,21). The maximum atomic E-state index is 13.7. The second-order valence-electron chi connectivity index (χ2n) is 5.28. The normalized spacial score (nSPS) is 12.5. The summed E-state index contributed by atoms with van der Waals surface area (Å²) in [5.74, 6) is 0.584. The highest BCUT2D eigenvalue weighted by Crippen LogP contribution is 2.21. The number of halogens is 1. The minimum absolute atomic E-state index is 0.0189. The number of nitrogens with one attached hydrogen (secondary N) is 1. The molecule has 2 heterocycles. The summed E-state index contributed by atoms with van der Waals surface area (Å²) in [6, 6.07) is 6.73. The van der Waals surface area contributed by atoms with Crippen molar-refractivity contribution in [3.05, 3.63) is 41.8 Å². The summed E-state index contributed by atoms with van der Waals surface area (Å²) in [4.78, 5) is 8.40.